The van der Waals surface area contributed by atoms with E-state index in [1.165, 1.54) is 6.07 Å². The summed E-state index contributed by atoms with van der Waals surface area (Å²) in [7, 11) is 3.16. The third kappa shape index (κ3) is 4.09. The van der Waals surface area contributed by atoms with Crippen LogP contribution >= 0.6 is 0 Å². The van der Waals surface area contributed by atoms with Gasteiger partial charge in [0.25, 0.3) is 0 Å². The van der Waals surface area contributed by atoms with Crippen molar-refractivity contribution in [1.82, 2.24) is 20.6 Å². The number of nitrogens with zero attached hydrogens (tertiary/aromatic N) is 3. The van der Waals surface area contributed by atoms with Crippen LogP contribution in [0.5, 0.6) is 11.5 Å². The van der Waals surface area contributed by atoms with Gasteiger partial charge in [0.15, 0.2) is 17.3 Å². The van der Waals surface area contributed by atoms with Crippen LogP contribution in [0.15, 0.2) is 54.6 Å². The van der Waals surface area contributed by atoms with E-state index >= 15 is 0 Å². The third-order valence-corrected chi connectivity index (χ3v) is 6.48. The van der Waals surface area contributed by atoms with E-state index < -0.39 is 5.41 Å². The van der Waals surface area contributed by atoms with Gasteiger partial charge in [0.2, 0.25) is 5.91 Å². The Kier molecular flexibility index (Phi) is 5.68. The van der Waals surface area contributed by atoms with Crippen LogP contribution in [0.3, 0.4) is 0 Å². The number of tetrazole rings is 1. The van der Waals surface area contributed by atoms with Gasteiger partial charge >= 0.3 is 0 Å². The molecule has 0 atom stereocenters. The highest BCUT2D eigenvalue weighted by Gasteiger charge is 2.51. The number of carbonyl (C=O) groups excluding carboxylic acids is 1. The van der Waals surface area contributed by atoms with Crippen molar-refractivity contribution in [2.45, 2.75) is 25.2 Å². The number of methoxy groups -OCH3 is 2. The van der Waals surface area contributed by atoms with Crippen molar-refractivity contribution < 1.29 is 18.7 Å². The number of ether oxygens (including phenoxy) is 2. The molecule has 5 rings (SSSR count). The summed E-state index contributed by atoms with van der Waals surface area (Å²) in [6.07, 6.45) is 1.34. The Hall–Kier alpha value is -4.27. The number of hydrogen-bond donors (Lipinski definition) is 2. The molecule has 4 aromatic rings. The fraction of sp³-hybridized carbons (Fsp3) is 0.231. The number of carbonyl (C=O) groups is 1. The number of aromatic amines is 1. The Morgan fingerprint density at radius 3 is 2.46 bits per heavy atom. The zero-order valence-electron chi connectivity index (χ0n) is 19.6. The van der Waals surface area contributed by atoms with Crippen LogP contribution in [-0.2, 0) is 10.2 Å². The van der Waals surface area contributed by atoms with E-state index in [1.54, 1.807) is 27.2 Å². The second-order valence-corrected chi connectivity index (χ2v) is 8.58. The molecule has 1 aliphatic rings. The average Bonchev–Trinajstić information content (AvgIpc) is 3.51. The van der Waals surface area contributed by atoms with Crippen LogP contribution in [0, 0.1) is 12.7 Å². The van der Waals surface area contributed by atoms with Gasteiger partial charge in [0.05, 0.1) is 19.6 Å². The van der Waals surface area contributed by atoms with Crippen LogP contribution in [-0.4, -0.2) is 40.8 Å². The summed E-state index contributed by atoms with van der Waals surface area (Å²) in [5.74, 6) is 1.19. The first-order chi connectivity index (χ1) is 16.9. The molecule has 1 fully saturated rings. The number of hydrogen-bond acceptors (Lipinski definition) is 6. The molecule has 178 valence electrons. The van der Waals surface area contributed by atoms with Crippen LogP contribution < -0.4 is 14.8 Å². The van der Waals surface area contributed by atoms with E-state index in [4.69, 9.17) is 9.47 Å². The maximum Gasteiger partial charge on any atom is 0.235 e. The molecule has 9 heteroatoms. The monoisotopic (exact) mass is 473 g/mol. The summed E-state index contributed by atoms with van der Waals surface area (Å²) in [6.45, 7) is 1.71. The summed E-state index contributed by atoms with van der Waals surface area (Å²) in [6, 6.07) is 16.1. The van der Waals surface area contributed by atoms with Crippen molar-refractivity contribution in [3.63, 3.8) is 0 Å². The quantitative estimate of drug-likeness (QED) is 0.405. The molecular formula is C26H24FN5O3. The summed E-state index contributed by atoms with van der Waals surface area (Å²) in [5, 5.41) is 17.3. The molecule has 3 aromatic carbocycles. The molecule has 35 heavy (non-hydrogen) atoms. The Morgan fingerprint density at radius 1 is 1.00 bits per heavy atom. The largest absolute Gasteiger partial charge is 0.493 e. The van der Waals surface area contributed by atoms with Crippen LogP contribution in [0.25, 0.3) is 22.5 Å². The van der Waals surface area contributed by atoms with E-state index in [2.05, 4.69) is 25.9 Å². The number of aryl methyl sites for hydroxylation is 1. The molecule has 1 saturated carbocycles. The molecule has 1 aromatic heterocycles. The minimum atomic E-state index is -0.718. The van der Waals surface area contributed by atoms with Gasteiger partial charge in [-0.2, -0.15) is 0 Å². The maximum absolute atomic E-state index is 14.2. The molecule has 1 amide bonds. The summed E-state index contributed by atoms with van der Waals surface area (Å²) >= 11 is 0. The molecule has 1 aliphatic carbocycles. The molecule has 0 saturated heterocycles. The molecule has 8 nitrogen and oxygen atoms in total. The molecule has 0 unspecified atom stereocenters. The van der Waals surface area contributed by atoms with Gasteiger partial charge in [-0.3, -0.25) is 4.79 Å². The smallest absolute Gasteiger partial charge is 0.235 e. The maximum atomic E-state index is 14.2. The number of H-pyrrole nitrogens is 1. The average molecular weight is 474 g/mol. The topological polar surface area (TPSA) is 102 Å². The summed E-state index contributed by atoms with van der Waals surface area (Å²) < 4.78 is 25.0. The van der Waals surface area contributed by atoms with Crippen molar-refractivity contribution in [3.8, 4) is 34.0 Å². The first kappa shape index (κ1) is 22.5. The molecule has 0 bridgehead atoms. The van der Waals surface area contributed by atoms with Gasteiger partial charge in [-0.15, -0.1) is 5.10 Å². The lowest BCUT2D eigenvalue weighted by molar-refractivity contribution is -0.118. The highest BCUT2D eigenvalue weighted by atomic mass is 19.1. The minimum absolute atomic E-state index is 0.165. The molecule has 0 aliphatic heterocycles. The van der Waals surface area contributed by atoms with E-state index in [9.17, 15) is 9.18 Å². The Morgan fingerprint density at radius 2 is 1.80 bits per heavy atom. The van der Waals surface area contributed by atoms with Gasteiger partial charge in [-0.25, -0.2) is 9.49 Å². The predicted octanol–water partition coefficient (Wildman–Crippen LogP) is 4.67. The van der Waals surface area contributed by atoms with Crippen LogP contribution in [0.1, 0.15) is 24.0 Å². The lowest BCUT2D eigenvalue weighted by Gasteiger charge is -2.18. The first-order valence-electron chi connectivity index (χ1n) is 11.1. The first-order valence-corrected chi connectivity index (χ1v) is 11.1. The summed E-state index contributed by atoms with van der Waals surface area (Å²) in [5.41, 5.74) is 3.52. The zero-order valence-corrected chi connectivity index (χ0v) is 19.6. The number of nitrogens with one attached hydrogen (secondary N) is 2. The fourth-order valence-corrected chi connectivity index (χ4v) is 4.26. The lowest BCUT2D eigenvalue weighted by atomic mass is 9.93. The fourth-order valence-electron chi connectivity index (χ4n) is 4.26. The Labute approximate surface area is 201 Å². The zero-order chi connectivity index (χ0) is 24.6. The third-order valence-electron chi connectivity index (χ3n) is 6.48. The van der Waals surface area contributed by atoms with Crippen molar-refractivity contribution in [2.24, 2.45) is 0 Å². The highest BCUT2D eigenvalue weighted by molar-refractivity contribution is 6.02. The summed E-state index contributed by atoms with van der Waals surface area (Å²) in [4.78, 5) is 13.3. The van der Waals surface area contributed by atoms with Crippen molar-refractivity contribution in [2.75, 3.05) is 19.5 Å². The van der Waals surface area contributed by atoms with Gasteiger partial charge < -0.3 is 14.8 Å². The van der Waals surface area contributed by atoms with Gasteiger partial charge in [0.1, 0.15) is 5.82 Å². The number of benzene rings is 3. The highest BCUT2D eigenvalue weighted by Crippen LogP contribution is 2.49. The van der Waals surface area contributed by atoms with Gasteiger partial charge in [-0.05, 0) is 82.8 Å². The number of aromatic nitrogens is 4. The van der Waals surface area contributed by atoms with Gasteiger partial charge in [0, 0.05) is 11.3 Å². The number of rotatable bonds is 7. The van der Waals surface area contributed by atoms with E-state index in [-0.39, 0.29) is 11.7 Å². The van der Waals surface area contributed by atoms with Crippen LogP contribution in [0.2, 0.25) is 0 Å². The van der Waals surface area contributed by atoms with Crippen LogP contribution in [0.4, 0.5) is 10.1 Å². The van der Waals surface area contributed by atoms with E-state index in [0.717, 1.165) is 11.1 Å². The normalized spacial score (nSPS) is 13.8. The molecule has 0 radical (unpaired) electrons. The minimum Gasteiger partial charge on any atom is -0.493 e. The van der Waals surface area contributed by atoms with Gasteiger partial charge in [-0.1, -0.05) is 24.3 Å². The predicted molar refractivity (Wildman–Crippen MR) is 129 cm³/mol. The molecular weight excluding hydrogens is 449 g/mol. The number of halogens is 1. The number of anilines is 1. The van der Waals surface area contributed by atoms with Crippen molar-refractivity contribution >= 4 is 11.6 Å². The Balaban J connectivity index is 1.49. The van der Waals surface area contributed by atoms with E-state index in [1.807, 2.05) is 42.5 Å². The Bertz CT molecular complexity index is 1400. The van der Waals surface area contributed by atoms with Crippen molar-refractivity contribution in [1.29, 1.82) is 0 Å². The van der Waals surface area contributed by atoms with E-state index in [0.29, 0.717) is 52.5 Å². The number of amides is 1. The lowest BCUT2D eigenvalue weighted by Crippen LogP contribution is -2.28. The van der Waals surface area contributed by atoms with Crippen molar-refractivity contribution in [3.05, 3.63) is 71.5 Å². The SMILES string of the molecule is COc1ccc(-c2ccc(NC(=O)C3(c4ccc(C)c(F)c4)CC3)cc2-c2nnn[nH]2)cc1OC. The second kappa shape index (κ2) is 8.83. The molecule has 0 spiro atoms. The standard InChI is InChI=1S/C26H24FN5O3/c1-15-4-6-17(13-21(15)27)26(10-11-26)25(33)28-18-7-8-19(20(14-18)24-29-31-32-30-24)16-5-9-22(34-2)23(12-16)35-3/h4-9,12-14H,10-11H2,1-3H3,(H,28,33)(H,29,30,31,32). The molecule has 1 heterocycles. The second-order valence-electron chi connectivity index (χ2n) is 8.58. The molecule has 2 N–H and O–H groups in total.